The maximum absolute atomic E-state index is 9.32. The Morgan fingerprint density at radius 2 is 2.21 bits per heavy atom. The summed E-state index contributed by atoms with van der Waals surface area (Å²) in [5, 5.41) is 12.3. The summed E-state index contributed by atoms with van der Waals surface area (Å²) < 4.78 is 0. The van der Waals surface area contributed by atoms with Gasteiger partial charge < -0.3 is 15.8 Å². The standard InChI is InChI=1S/C9H16N4O/c1-2-7(14)6-11-8-4-3-5-9(12-8)13-10/h3-5,7,14H,2,6,10H2,1H3,(H2,11,12,13). The molecule has 1 aromatic rings. The topological polar surface area (TPSA) is 83.2 Å². The van der Waals surface area contributed by atoms with Crippen molar-refractivity contribution in [2.45, 2.75) is 19.4 Å². The highest BCUT2D eigenvalue weighted by Gasteiger charge is 2.00. The number of hydrogen-bond donors (Lipinski definition) is 4. The van der Waals surface area contributed by atoms with Gasteiger partial charge in [0.15, 0.2) is 0 Å². The first-order valence-electron chi connectivity index (χ1n) is 4.62. The van der Waals surface area contributed by atoms with Crippen LogP contribution in [0.25, 0.3) is 0 Å². The minimum absolute atomic E-state index is 0.341. The van der Waals surface area contributed by atoms with E-state index in [-0.39, 0.29) is 6.10 Å². The Labute approximate surface area is 83.3 Å². The fraction of sp³-hybridized carbons (Fsp3) is 0.444. The summed E-state index contributed by atoms with van der Waals surface area (Å²) in [7, 11) is 0. The van der Waals surface area contributed by atoms with E-state index < -0.39 is 0 Å². The molecule has 0 spiro atoms. The summed E-state index contributed by atoms with van der Waals surface area (Å²) in [6, 6.07) is 5.42. The summed E-state index contributed by atoms with van der Waals surface area (Å²) in [6.45, 7) is 2.43. The number of anilines is 2. The molecular weight excluding hydrogens is 180 g/mol. The number of nitrogen functional groups attached to an aromatic ring is 1. The van der Waals surface area contributed by atoms with Gasteiger partial charge in [0.25, 0.3) is 0 Å². The Hall–Kier alpha value is -1.33. The van der Waals surface area contributed by atoms with Gasteiger partial charge in [0, 0.05) is 6.54 Å². The van der Waals surface area contributed by atoms with E-state index in [1.165, 1.54) is 0 Å². The maximum Gasteiger partial charge on any atom is 0.142 e. The van der Waals surface area contributed by atoms with Crippen LogP contribution >= 0.6 is 0 Å². The van der Waals surface area contributed by atoms with Crippen LogP contribution in [-0.2, 0) is 0 Å². The Balaban J connectivity index is 2.50. The van der Waals surface area contributed by atoms with E-state index in [1.54, 1.807) is 6.07 Å². The summed E-state index contributed by atoms with van der Waals surface area (Å²) in [6.07, 6.45) is 0.383. The van der Waals surface area contributed by atoms with Crippen molar-refractivity contribution in [3.8, 4) is 0 Å². The zero-order valence-corrected chi connectivity index (χ0v) is 8.20. The highest BCUT2D eigenvalue weighted by atomic mass is 16.3. The largest absolute Gasteiger partial charge is 0.391 e. The van der Waals surface area contributed by atoms with Gasteiger partial charge in [-0.2, -0.15) is 0 Å². The summed E-state index contributed by atoms with van der Waals surface area (Å²) in [5.41, 5.74) is 2.46. The first-order valence-corrected chi connectivity index (χ1v) is 4.62. The van der Waals surface area contributed by atoms with Gasteiger partial charge in [-0.1, -0.05) is 13.0 Å². The average Bonchev–Trinajstić information content (AvgIpc) is 2.26. The first-order chi connectivity index (χ1) is 6.76. The molecule has 5 N–H and O–H groups in total. The van der Waals surface area contributed by atoms with Crippen LogP contribution in [0.4, 0.5) is 11.6 Å². The molecule has 0 aliphatic carbocycles. The van der Waals surface area contributed by atoms with Crippen molar-refractivity contribution in [1.29, 1.82) is 0 Å². The highest BCUT2D eigenvalue weighted by Crippen LogP contribution is 2.07. The van der Waals surface area contributed by atoms with Crippen LogP contribution in [0.2, 0.25) is 0 Å². The molecule has 0 saturated carbocycles. The molecule has 0 aromatic carbocycles. The smallest absolute Gasteiger partial charge is 0.142 e. The minimum atomic E-state index is -0.341. The molecule has 0 radical (unpaired) electrons. The second-order valence-electron chi connectivity index (χ2n) is 3.00. The molecule has 0 bridgehead atoms. The van der Waals surface area contributed by atoms with E-state index in [0.717, 1.165) is 6.42 Å². The van der Waals surface area contributed by atoms with E-state index in [1.807, 2.05) is 19.1 Å². The number of hydrogen-bond acceptors (Lipinski definition) is 5. The van der Waals surface area contributed by atoms with Crippen molar-refractivity contribution >= 4 is 11.6 Å². The van der Waals surface area contributed by atoms with E-state index >= 15 is 0 Å². The number of rotatable bonds is 5. The summed E-state index contributed by atoms with van der Waals surface area (Å²) in [5.74, 6) is 6.51. The number of pyridine rings is 1. The summed E-state index contributed by atoms with van der Waals surface area (Å²) in [4.78, 5) is 4.14. The number of aliphatic hydroxyl groups is 1. The Bertz CT molecular complexity index is 279. The number of hydrazine groups is 1. The second-order valence-corrected chi connectivity index (χ2v) is 3.00. The van der Waals surface area contributed by atoms with Gasteiger partial charge in [0.05, 0.1) is 6.10 Å². The van der Waals surface area contributed by atoms with Gasteiger partial charge in [0.1, 0.15) is 11.6 Å². The Morgan fingerprint density at radius 3 is 2.86 bits per heavy atom. The number of aliphatic hydroxyl groups excluding tert-OH is 1. The minimum Gasteiger partial charge on any atom is -0.391 e. The third-order valence-corrected chi connectivity index (χ3v) is 1.89. The van der Waals surface area contributed by atoms with Gasteiger partial charge in [-0.15, -0.1) is 0 Å². The molecule has 1 heterocycles. The van der Waals surface area contributed by atoms with Crippen molar-refractivity contribution in [3.05, 3.63) is 18.2 Å². The molecule has 0 fully saturated rings. The molecule has 5 nitrogen and oxygen atoms in total. The first kappa shape index (κ1) is 10.7. The second kappa shape index (κ2) is 5.41. The predicted molar refractivity (Wildman–Crippen MR) is 56.8 cm³/mol. The normalized spacial score (nSPS) is 12.2. The number of nitrogens with zero attached hydrogens (tertiary/aromatic N) is 1. The lowest BCUT2D eigenvalue weighted by Crippen LogP contribution is -2.19. The SMILES string of the molecule is CCC(O)CNc1cccc(NN)n1. The molecule has 0 saturated heterocycles. The van der Waals surface area contributed by atoms with E-state index in [0.29, 0.717) is 18.2 Å². The Kier molecular flexibility index (Phi) is 4.15. The van der Waals surface area contributed by atoms with Crippen molar-refractivity contribution < 1.29 is 5.11 Å². The van der Waals surface area contributed by atoms with Crippen LogP contribution in [-0.4, -0.2) is 22.7 Å². The molecule has 1 aromatic heterocycles. The lowest BCUT2D eigenvalue weighted by atomic mass is 10.3. The monoisotopic (exact) mass is 196 g/mol. The molecule has 1 unspecified atom stereocenters. The van der Waals surface area contributed by atoms with Gasteiger partial charge >= 0.3 is 0 Å². The van der Waals surface area contributed by atoms with Crippen LogP contribution < -0.4 is 16.6 Å². The highest BCUT2D eigenvalue weighted by molar-refractivity contribution is 5.44. The molecule has 0 aliphatic heterocycles. The van der Waals surface area contributed by atoms with E-state index in [4.69, 9.17) is 5.84 Å². The van der Waals surface area contributed by atoms with E-state index in [9.17, 15) is 5.11 Å². The van der Waals surface area contributed by atoms with Crippen LogP contribution in [0.5, 0.6) is 0 Å². The molecule has 0 amide bonds. The zero-order valence-electron chi connectivity index (χ0n) is 8.20. The van der Waals surface area contributed by atoms with Crippen molar-refractivity contribution in [3.63, 3.8) is 0 Å². The van der Waals surface area contributed by atoms with Crippen molar-refractivity contribution in [2.75, 3.05) is 17.3 Å². The number of nitrogens with two attached hydrogens (primary N) is 1. The van der Waals surface area contributed by atoms with Crippen molar-refractivity contribution in [1.82, 2.24) is 4.98 Å². The molecule has 1 atom stereocenters. The van der Waals surface area contributed by atoms with Gasteiger partial charge in [-0.25, -0.2) is 10.8 Å². The van der Waals surface area contributed by atoms with Gasteiger partial charge in [-0.05, 0) is 18.6 Å². The average molecular weight is 196 g/mol. The van der Waals surface area contributed by atoms with Crippen LogP contribution in [0.1, 0.15) is 13.3 Å². The number of aromatic nitrogens is 1. The molecule has 14 heavy (non-hydrogen) atoms. The number of nitrogens with one attached hydrogen (secondary N) is 2. The lowest BCUT2D eigenvalue weighted by Gasteiger charge is -2.10. The van der Waals surface area contributed by atoms with Crippen LogP contribution in [0.3, 0.4) is 0 Å². The predicted octanol–water partition coefficient (Wildman–Crippen LogP) is 0.550. The zero-order chi connectivity index (χ0) is 10.4. The molecule has 78 valence electrons. The fourth-order valence-electron chi connectivity index (χ4n) is 0.980. The van der Waals surface area contributed by atoms with Crippen LogP contribution in [0, 0.1) is 0 Å². The Morgan fingerprint density at radius 1 is 1.50 bits per heavy atom. The lowest BCUT2D eigenvalue weighted by molar-refractivity contribution is 0.183. The molecule has 0 aliphatic rings. The third-order valence-electron chi connectivity index (χ3n) is 1.89. The quantitative estimate of drug-likeness (QED) is 0.408. The van der Waals surface area contributed by atoms with Crippen LogP contribution in [0.15, 0.2) is 18.2 Å². The van der Waals surface area contributed by atoms with Gasteiger partial charge in [-0.3, -0.25) is 0 Å². The molecular formula is C9H16N4O. The third kappa shape index (κ3) is 3.20. The molecule has 1 rings (SSSR count). The van der Waals surface area contributed by atoms with E-state index in [2.05, 4.69) is 15.7 Å². The van der Waals surface area contributed by atoms with Gasteiger partial charge in [0.2, 0.25) is 0 Å². The molecule has 5 heteroatoms. The van der Waals surface area contributed by atoms with Crippen molar-refractivity contribution in [2.24, 2.45) is 5.84 Å². The maximum atomic E-state index is 9.32. The fourth-order valence-corrected chi connectivity index (χ4v) is 0.980. The summed E-state index contributed by atoms with van der Waals surface area (Å²) >= 11 is 0.